The Hall–Kier alpha value is 0.491. The Labute approximate surface area is 173 Å². The van der Waals surface area contributed by atoms with Crippen LogP contribution in [0.15, 0.2) is 0 Å². The lowest BCUT2D eigenvalue weighted by molar-refractivity contribution is 0.212. The van der Waals surface area contributed by atoms with Crippen LogP contribution in [0.2, 0.25) is 36.3 Å². The average molecular weight is 437 g/mol. The summed E-state index contributed by atoms with van der Waals surface area (Å²) in [6.07, 6.45) is 6.21. The average Bonchev–Trinajstić information content (AvgIpc) is 2.56. The van der Waals surface area contributed by atoms with Gasteiger partial charge in [-0.05, 0) is 43.2 Å². The van der Waals surface area contributed by atoms with Crippen molar-refractivity contribution >= 4 is 25.7 Å². The van der Waals surface area contributed by atoms with Gasteiger partial charge in [0.2, 0.25) is 0 Å². The Morgan fingerprint density at radius 3 is 1.22 bits per heavy atom. The molecule has 0 aromatic carbocycles. The van der Waals surface area contributed by atoms with Crippen molar-refractivity contribution in [2.24, 2.45) is 0 Å². The molecule has 0 aliphatic carbocycles. The van der Waals surface area contributed by atoms with Gasteiger partial charge in [-0.15, -0.1) is 0 Å². The quantitative estimate of drug-likeness (QED) is 0.239. The Morgan fingerprint density at radius 1 is 0.519 bits per heavy atom. The predicted molar refractivity (Wildman–Crippen MR) is 124 cm³/mol. The van der Waals surface area contributed by atoms with Gasteiger partial charge in [0.15, 0.2) is 0 Å². The minimum Gasteiger partial charge on any atom is -0.415 e. The lowest BCUT2D eigenvalue weighted by atomic mass is 10.6. The van der Waals surface area contributed by atoms with Gasteiger partial charge in [-0.2, -0.15) is 0 Å². The summed E-state index contributed by atoms with van der Waals surface area (Å²) in [6.45, 7) is 16.0. The largest absolute Gasteiger partial charge is 0.415 e. The fourth-order valence-corrected chi connectivity index (χ4v) is 19.9. The van der Waals surface area contributed by atoms with Gasteiger partial charge in [-0.1, -0.05) is 80.1 Å². The SMILES string of the molecule is CCC[Si](O)(CCC)O[Si](CCC)(CCC)O[Si](CCC)(CCC)OCC. The van der Waals surface area contributed by atoms with Crippen molar-refractivity contribution in [1.29, 1.82) is 0 Å². The van der Waals surface area contributed by atoms with Gasteiger partial charge in [0, 0.05) is 6.61 Å². The van der Waals surface area contributed by atoms with Crippen LogP contribution >= 0.6 is 0 Å². The van der Waals surface area contributed by atoms with E-state index in [-0.39, 0.29) is 0 Å². The fraction of sp³-hybridized carbons (Fsp3) is 1.00. The van der Waals surface area contributed by atoms with Crippen molar-refractivity contribution < 1.29 is 17.5 Å². The van der Waals surface area contributed by atoms with Crippen LogP contribution in [0, 0.1) is 0 Å². The molecule has 0 radical (unpaired) electrons. The molecule has 0 bridgehead atoms. The molecule has 0 unspecified atom stereocenters. The zero-order valence-corrected chi connectivity index (χ0v) is 22.4. The topological polar surface area (TPSA) is 47.9 Å². The van der Waals surface area contributed by atoms with Gasteiger partial charge in [0.1, 0.15) is 0 Å². The highest BCUT2D eigenvalue weighted by atomic mass is 28.5. The van der Waals surface area contributed by atoms with E-state index in [1.807, 2.05) is 0 Å². The van der Waals surface area contributed by atoms with Crippen molar-refractivity contribution in [3.8, 4) is 0 Å². The van der Waals surface area contributed by atoms with Gasteiger partial charge in [-0.25, -0.2) is 0 Å². The first-order valence-electron chi connectivity index (χ1n) is 11.6. The second kappa shape index (κ2) is 14.5. The first-order chi connectivity index (χ1) is 12.8. The Bertz CT molecular complexity index is 340. The molecular weight excluding hydrogens is 388 g/mol. The van der Waals surface area contributed by atoms with Gasteiger partial charge >= 0.3 is 25.7 Å². The maximum atomic E-state index is 11.4. The molecule has 0 aromatic rings. The van der Waals surface area contributed by atoms with Crippen LogP contribution in [0.25, 0.3) is 0 Å². The van der Waals surface area contributed by atoms with Crippen LogP contribution in [0.3, 0.4) is 0 Å². The summed E-state index contributed by atoms with van der Waals surface area (Å²) in [5, 5.41) is 0. The van der Waals surface area contributed by atoms with Crippen LogP contribution in [0.4, 0.5) is 0 Å². The van der Waals surface area contributed by atoms with E-state index in [9.17, 15) is 4.80 Å². The second-order valence-electron chi connectivity index (χ2n) is 7.90. The Kier molecular flexibility index (Phi) is 14.7. The highest BCUT2D eigenvalue weighted by Crippen LogP contribution is 2.36. The van der Waals surface area contributed by atoms with Crippen molar-refractivity contribution in [3.05, 3.63) is 0 Å². The van der Waals surface area contributed by atoms with E-state index in [0.717, 1.165) is 74.8 Å². The van der Waals surface area contributed by atoms with E-state index in [0.29, 0.717) is 6.61 Å². The molecule has 0 saturated heterocycles. The fourth-order valence-electron chi connectivity index (χ4n) is 4.23. The maximum absolute atomic E-state index is 11.4. The van der Waals surface area contributed by atoms with E-state index >= 15 is 0 Å². The van der Waals surface area contributed by atoms with E-state index in [1.54, 1.807) is 0 Å². The standard InChI is InChI=1S/C20H48O4Si3/c1-8-15-25(21,16-9-2)23-27(19-12-5,20-13-6)24-26(17-10-3,18-11-4)22-14-7/h21H,8-20H2,1-7H3. The van der Waals surface area contributed by atoms with E-state index in [1.165, 1.54) is 0 Å². The molecule has 0 rings (SSSR count). The molecule has 164 valence electrons. The molecule has 0 spiro atoms. The molecule has 0 fully saturated rings. The molecular formula is C20H48O4Si3. The molecule has 0 heterocycles. The molecule has 0 aliphatic rings. The van der Waals surface area contributed by atoms with Crippen molar-refractivity contribution in [2.45, 2.75) is 123 Å². The van der Waals surface area contributed by atoms with Crippen molar-refractivity contribution in [1.82, 2.24) is 0 Å². The highest BCUT2D eigenvalue weighted by Gasteiger charge is 2.51. The molecule has 0 atom stereocenters. The number of hydrogen-bond acceptors (Lipinski definition) is 4. The van der Waals surface area contributed by atoms with Gasteiger partial charge in [-0.3, -0.25) is 0 Å². The molecule has 0 aromatic heterocycles. The first-order valence-corrected chi connectivity index (χ1v) is 18.3. The number of rotatable bonds is 18. The normalized spacial score (nSPS) is 13.3. The molecule has 7 heteroatoms. The Morgan fingerprint density at radius 2 is 0.889 bits per heavy atom. The van der Waals surface area contributed by atoms with Crippen LogP contribution in [-0.2, 0) is 12.7 Å². The zero-order chi connectivity index (χ0) is 20.8. The minimum absolute atomic E-state index is 0.709. The lowest BCUT2D eigenvalue weighted by Crippen LogP contribution is -2.60. The van der Waals surface area contributed by atoms with E-state index < -0.39 is 25.7 Å². The molecule has 0 saturated carbocycles. The van der Waals surface area contributed by atoms with Crippen LogP contribution in [0.1, 0.15) is 87.0 Å². The van der Waals surface area contributed by atoms with E-state index in [4.69, 9.17) is 12.7 Å². The predicted octanol–water partition coefficient (Wildman–Crippen LogP) is 6.84. The van der Waals surface area contributed by atoms with E-state index in [2.05, 4.69) is 48.5 Å². The van der Waals surface area contributed by atoms with Gasteiger partial charge in [0.25, 0.3) is 0 Å². The lowest BCUT2D eigenvalue weighted by Gasteiger charge is -2.44. The summed E-state index contributed by atoms with van der Waals surface area (Å²) >= 11 is 0. The first kappa shape index (κ1) is 27.5. The summed E-state index contributed by atoms with van der Waals surface area (Å²) in [4.78, 5) is 11.4. The molecule has 0 aliphatic heterocycles. The summed E-state index contributed by atoms with van der Waals surface area (Å²) in [6, 6.07) is 5.63. The summed E-state index contributed by atoms with van der Waals surface area (Å²) < 4.78 is 20.4. The third kappa shape index (κ3) is 9.69. The smallest absolute Gasteiger partial charge is 0.329 e. The highest BCUT2D eigenvalue weighted by molar-refractivity contribution is 6.86. The monoisotopic (exact) mass is 436 g/mol. The molecule has 27 heavy (non-hydrogen) atoms. The van der Waals surface area contributed by atoms with Crippen LogP contribution < -0.4 is 0 Å². The van der Waals surface area contributed by atoms with Gasteiger partial charge < -0.3 is 17.5 Å². The van der Waals surface area contributed by atoms with Gasteiger partial charge in [0.05, 0.1) is 0 Å². The van der Waals surface area contributed by atoms with Crippen LogP contribution in [-0.4, -0.2) is 37.1 Å². The minimum atomic E-state index is -2.72. The van der Waals surface area contributed by atoms with Crippen LogP contribution in [0.5, 0.6) is 0 Å². The maximum Gasteiger partial charge on any atom is 0.329 e. The number of hydrogen-bond donors (Lipinski definition) is 1. The molecule has 4 nitrogen and oxygen atoms in total. The zero-order valence-electron chi connectivity index (χ0n) is 19.4. The summed E-state index contributed by atoms with van der Waals surface area (Å²) in [5.74, 6) is 0. The Balaban J connectivity index is 5.92. The summed E-state index contributed by atoms with van der Waals surface area (Å²) in [5.41, 5.74) is 0. The third-order valence-electron chi connectivity index (χ3n) is 4.96. The second-order valence-corrected chi connectivity index (χ2v) is 18.4. The molecule has 0 amide bonds. The van der Waals surface area contributed by atoms with Crippen molar-refractivity contribution in [3.63, 3.8) is 0 Å². The summed E-state index contributed by atoms with van der Waals surface area (Å²) in [7, 11) is -7.53. The molecule has 1 N–H and O–H groups in total. The third-order valence-corrected chi connectivity index (χ3v) is 19.4. The van der Waals surface area contributed by atoms with Crippen molar-refractivity contribution in [2.75, 3.05) is 6.61 Å².